The summed E-state index contributed by atoms with van der Waals surface area (Å²) in [6, 6.07) is 18.4. The lowest BCUT2D eigenvalue weighted by Gasteiger charge is -2.27. The highest BCUT2D eigenvalue weighted by molar-refractivity contribution is 5.95. The summed E-state index contributed by atoms with van der Waals surface area (Å²) in [7, 11) is 0. The van der Waals surface area contributed by atoms with Crippen LogP contribution >= 0.6 is 0 Å². The second kappa shape index (κ2) is 15.0. The first kappa shape index (κ1) is 32.7. The molecule has 11 heteroatoms. The Bertz CT molecular complexity index is 1620. The summed E-state index contributed by atoms with van der Waals surface area (Å²) in [4.78, 5) is 55.6. The van der Waals surface area contributed by atoms with Crippen molar-refractivity contribution < 1.29 is 29.4 Å². The Morgan fingerprint density at radius 2 is 1.36 bits per heavy atom. The van der Waals surface area contributed by atoms with Gasteiger partial charge < -0.3 is 36.9 Å². The zero-order valence-electron chi connectivity index (χ0n) is 25.2. The van der Waals surface area contributed by atoms with Crippen LogP contribution in [0.1, 0.15) is 30.5 Å². The van der Waals surface area contributed by atoms with E-state index in [1.807, 2.05) is 30.3 Å². The average molecular weight is 614 g/mol. The maximum atomic E-state index is 13.7. The molecule has 0 spiro atoms. The lowest BCUT2D eigenvalue weighted by Crippen LogP contribution is -2.59. The number of phenolic OH excluding ortho intramolecular Hbond substituents is 1. The number of carboxylic acid groups (broad SMARTS) is 1. The number of fused-ring (bicyclic) bond motifs is 1. The smallest absolute Gasteiger partial charge is 0.326 e. The van der Waals surface area contributed by atoms with Crippen LogP contribution in [0.3, 0.4) is 0 Å². The minimum absolute atomic E-state index is 0.0548. The van der Waals surface area contributed by atoms with Crippen molar-refractivity contribution in [1.82, 2.24) is 20.9 Å². The summed E-state index contributed by atoms with van der Waals surface area (Å²) < 4.78 is 0. The van der Waals surface area contributed by atoms with E-state index in [0.717, 1.165) is 27.6 Å². The summed E-state index contributed by atoms with van der Waals surface area (Å²) in [5, 5.41) is 28.4. The van der Waals surface area contributed by atoms with Crippen molar-refractivity contribution in [3.63, 3.8) is 0 Å². The maximum Gasteiger partial charge on any atom is 0.326 e. The molecule has 8 N–H and O–H groups in total. The first-order chi connectivity index (χ1) is 21.5. The zero-order chi connectivity index (χ0) is 32.5. The number of H-pyrrole nitrogens is 1. The number of para-hydroxylation sites is 1. The molecule has 0 saturated carbocycles. The Morgan fingerprint density at radius 3 is 2.02 bits per heavy atom. The van der Waals surface area contributed by atoms with E-state index in [1.165, 1.54) is 12.1 Å². The normalized spacial score (nSPS) is 13.9. The zero-order valence-corrected chi connectivity index (χ0v) is 25.2. The SMILES string of the molecule is CC(C)C(NC(=O)C(N)Cc1ccc(O)cc1)C(=O)NC(Cc1c[nH]c2ccccc12)C(=O)NC(Cc1ccccc1)C(=O)O. The van der Waals surface area contributed by atoms with Crippen LogP contribution in [-0.2, 0) is 38.4 Å². The fourth-order valence-electron chi connectivity index (χ4n) is 5.09. The van der Waals surface area contributed by atoms with Crippen molar-refractivity contribution in [2.24, 2.45) is 11.7 Å². The van der Waals surface area contributed by atoms with Crippen molar-refractivity contribution in [2.75, 3.05) is 0 Å². The van der Waals surface area contributed by atoms with E-state index in [1.54, 1.807) is 56.4 Å². The molecule has 1 heterocycles. The van der Waals surface area contributed by atoms with Crippen LogP contribution in [0.2, 0.25) is 0 Å². The van der Waals surface area contributed by atoms with Crippen LogP contribution in [-0.4, -0.2) is 63.1 Å². The third-order valence-corrected chi connectivity index (χ3v) is 7.60. The molecule has 45 heavy (non-hydrogen) atoms. The fraction of sp³-hybridized carbons (Fsp3) is 0.294. The summed E-state index contributed by atoms with van der Waals surface area (Å²) in [5.74, 6) is -3.31. The number of carbonyl (C=O) groups excluding carboxylic acids is 3. The number of carboxylic acids is 1. The lowest BCUT2D eigenvalue weighted by molar-refractivity contribution is -0.142. The highest BCUT2D eigenvalue weighted by Crippen LogP contribution is 2.20. The highest BCUT2D eigenvalue weighted by atomic mass is 16.4. The van der Waals surface area contributed by atoms with Gasteiger partial charge in [0.1, 0.15) is 23.9 Å². The predicted octanol–water partition coefficient (Wildman–Crippen LogP) is 2.42. The molecule has 4 unspecified atom stereocenters. The van der Waals surface area contributed by atoms with Crippen LogP contribution in [0, 0.1) is 5.92 Å². The quantitative estimate of drug-likeness (QED) is 0.114. The molecule has 3 aromatic carbocycles. The van der Waals surface area contributed by atoms with E-state index in [2.05, 4.69) is 20.9 Å². The Balaban J connectivity index is 1.52. The fourth-order valence-corrected chi connectivity index (χ4v) is 5.09. The average Bonchev–Trinajstić information content (AvgIpc) is 3.43. The molecule has 4 aromatic rings. The predicted molar refractivity (Wildman–Crippen MR) is 170 cm³/mol. The highest BCUT2D eigenvalue weighted by Gasteiger charge is 2.32. The molecule has 4 atom stereocenters. The van der Waals surface area contributed by atoms with Gasteiger partial charge in [0.05, 0.1) is 6.04 Å². The molecule has 4 rings (SSSR count). The van der Waals surface area contributed by atoms with Crippen molar-refractivity contribution >= 4 is 34.6 Å². The van der Waals surface area contributed by atoms with Crippen molar-refractivity contribution in [3.05, 3.63) is 102 Å². The molecule has 0 bridgehead atoms. The molecule has 0 saturated heterocycles. The lowest BCUT2D eigenvalue weighted by atomic mass is 9.99. The van der Waals surface area contributed by atoms with E-state index in [9.17, 15) is 29.4 Å². The van der Waals surface area contributed by atoms with Gasteiger partial charge in [0.25, 0.3) is 0 Å². The number of nitrogens with one attached hydrogen (secondary N) is 4. The topological polar surface area (TPSA) is 187 Å². The second-order valence-corrected chi connectivity index (χ2v) is 11.4. The van der Waals surface area contributed by atoms with Gasteiger partial charge in [0, 0.05) is 29.9 Å². The molecular formula is C34H39N5O6. The summed E-state index contributed by atoms with van der Waals surface area (Å²) in [6.45, 7) is 3.51. The number of aliphatic carboxylic acids is 1. The van der Waals surface area contributed by atoms with Gasteiger partial charge in [-0.15, -0.1) is 0 Å². The molecule has 0 aliphatic heterocycles. The molecule has 0 fully saturated rings. The molecule has 3 amide bonds. The number of phenols is 1. The van der Waals surface area contributed by atoms with Gasteiger partial charge in [-0.1, -0.05) is 74.5 Å². The van der Waals surface area contributed by atoms with Gasteiger partial charge in [-0.25, -0.2) is 4.79 Å². The maximum absolute atomic E-state index is 13.7. The number of aromatic amines is 1. The first-order valence-corrected chi connectivity index (χ1v) is 14.8. The molecular weight excluding hydrogens is 574 g/mol. The molecule has 1 aromatic heterocycles. The Kier molecular flexibility index (Phi) is 10.9. The number of amides is 3. The standard InChI is InChI=1S/C34H39N5O6/c1-20(2)30(39-31(41)26(35)16-22-12-14-24(40)15-13-22)33(43)37-28(18-23-19-36-27-11-7-6-10-25(23)27)32(42)38-29(34(44)45)17-21-8-4-3-5-9-21/h3-15,19-20,26,28-30,36,40H,16-18,35H2,1-2H3,(H,37,43)(H,38,42)(H,39,41)(H,44,45). The number of carbonyl (C=O) groups is 4. The summed E-state index contributed by atoms with van der Waals surface area (Å²) >= 11 is 0. The van der Waals surface area contributed by atoms with Gasteiger partial charge >= 0.3 is 5.97 Å². The van der Waals surface area contributed by atoms with Crippen molar-refractivity contribution in [3.8, 4) is 5.75 Å². The van der Waals surface area contributed by atoms with E-state index in [4.69, 9.17) is 5.73 Å². The molecule has 0 aliphatic rings. The number of aromatic nitrogens is 1. The van der Waals surface area contributed by atoms with Crippen LogP contribution in [0.15, 0.2) is 85.1 Å². The Hall–Kier alpha value is -5.16. The number of nitrogens with two attached hydrogens (primary N) is 1. The van der Waals surface area contributed by atoms with Gasteiger partial charge in [-0.05, 0) is 47.2 Å². The van der Waals surface area contributed by atoms with E-state index < -0.39 is 47.9 Å². The van der Waals surface area contributed by atoms with Crippen molar-refractivity contribution in [2.45, 2.75) is 57.3 Å². The third kappa shape index (κ3) is 8.93. The van der Waals surface area contributed by atoms with Crippen LogP contribution in [0.4, 0.5) is 0 Å². The van der Waals surface area contributed by atoms with E-state index >= 15 is 0 Å². The summed E-state index contributed by atoms with van der Waals surface area (Å²) in [6.07, 6.45) is 2.06. The van der Waals surface area contributed by atoms with Crippen molar-refractivity contribution in [1.29, 1.82) is 0 Å². The largest absolute Gasteiger partial charge is 0.508 e. The molecule has 0 aliphatic carbocycles. The van der Waals surface area contributed by atoms with Gasteiger partial charge in [0.15, 0.2) is 0 Å². The Morgan fingerprint density at radius 1 is 0.733 bits per heavy atom. The number of aromatic hydroxyl groups is 1. The van der Waals surface area contributed by atoms with Gasteiger partial charge in [-0.2, -0.15) is 0 Å². The van der Waals surface area contributed by atoms with Crippen LogP contribution in [0.5, 0.6) is 5.75 Å². The van der Waals surface area contributed by atoms with E-state index in [0.29, 0.717) is 0 Å². The van der Waals surface area contributed by atoms with Gasteiger partial charge in [0.2, 0.25) is 17.7 Å². The monoisotopic (exact) mass is 613 g/mol. The van der Waals surface area contributed by atoms with Crippen LogP contribution < -0.4 is 21.7 Å². The number of hydrogen-bond donors (Lipinski definition) is 7. The second-order valence-electron chi connectivity index (χ2n) is 11.4. The Labute approximate surface area is 261 Å². The molecule has 236 valence electrons. The minimum Gasteiger partial charge on any atom is -0.508 e. The summed E-state index contributed by atoms with van der Waals surface area (Å²) in [5.41, 5.74) is 9.21. The minimum atomic E-state index is -1.24. The van der Waals surface area contributed by atoms with E-state index in [-0.39, 0.29) is 30.9 Å². The number of rotatable bonds is 14. The third-order valence-electron chi connectivity index (χ3n) is 7.60. The molecule has 0 radical (unpaired) electrons. The first-order valence-electron chi connectivity index (χ1n) is 14.8. The number of hydrogen-bond acceptors (Lipinski definition) is 6. The van der Waals surface area contributed by atoms with Crippen LogP contribution in [0.25, 0.3) is 10.9 Å². The van der Waals surface area contributed by atoms with Gasteiger partial charge in [-0.3, -0.25) is 14.4 Å². The number of benzene rings is 3. The molecule has 11 nitrogen and oxygen atoms in total.